The highest BCUT2D eigenvalue weighted by Crippen LogP contribution is 2.32. The fourth-order valence-corrected chi connectivity index (χ4v) is 5.71. The maximum Gasteiger partial charge on any atom is 0.265 e. The van der Waals surface area contributed by atoms with Crippen LogP contribution in [0.4, 0.5) is 5.82 Å². The van der Waals surface area contributed by atoms with Gasteiger partial charge in [-0.15, -0.1) is 32.9 Å². The largest absolute Gasteiger partial charge is 0.352 e. The average Bonchev–Trinajstić information content (AvgIpc) is 3.49. The summed E-state index contributed by atoms with van der Waals surface area (Å²) >= 11 is 3.14. The Morgan fingerprint density at radius 1 is 0.938 bits per heavy atom. The lowest BCUT2D eigenvalue weighted by Gasteiger charge is -2.35. The predicted molar refractivity (Wildman–Crippen MR) is 130 cm³/mol. The Balaban J connectivity index is 1.24. The minimum atomic E-state index is 0.0726. The zero-order chi connectivity index (χ0) is 22.1. The maximum absolute atomic E-state index is 13.1. The van der Waals surface area contributed by atoms with Gasteiger partial charge in [0.25, 0.3) is 5.91 Å². The van der Waals surface area contributed by atoms with Crippen LogP contribution in [0.15, 0.2) is 53.9 Å². The molecular formula is C24H23N5OS2. The molecule has 1 amide bonds. The number of hydrogen-bond acceptors (Lipinski definition) is 7. The van der Waals surface area contributed by atoms with Crippen molar-refractivity contribution >= 4 is 34.4 Å². The number of nitrogens with zero attached hydrogens (tertiary/aromatic N) is 5. The summed E-state index contributed by atoms with van der Waals surface area (Å²) in [4.78, 5) is 23.7. The minimum Gasteiger partial charge on any atom is -0.352 e. The molecule has 1 fully saturated rings. The number of thiophene rings is 1. The van der Waals surface area contributed by atoms with Crippen LogP contribution in [0.25, 0.3) is 21.1 Å². The molecule has 0 atom stereocenters. The fraction of sp³-hybridized carbons (Fsp3) is 0.250. The Morgan fingerprint density at radius 3 is 2.44 bits per heavy atom. The lowest BCUT2D eigenvalue weighted by Crippen LogP contribution is -2.49. The van der Waals surface area contributed by atoms with Crippen LogP contribution in [-0.4, -0.2) is 52.2 Å². The van der Waals surface area contributed by atoms with Gasteiger partial charge in [0.1, 0.15) is 9.88 Å². The van der Waals surface area contributed by atoms with E-state index in [1.807, 2.05) is 53.6 Å². The van der Waals surface area contributed by atoms with E-state index in [0.29, 0.717) is 13.1 Å². The van der Waals surface area contributed by atoms with Crippen LogP contribution in [0.2, 0.25) is 0 Å². The third-order valence-corrected chi connectivity index (χ3v) is 7.87. The van der Waals surface area contributed by atoms with Crippen molar-refractivity contribution in [3.63, 3.8) is 0 Å². The molecule has 32 heavy (non-hydrogen) atoms. The molecule has 8 heteroatoms. The monoisotopic (exact) mass is 461 g/mol. The summed E-state index contributed by atoms with van der Waals surface area (Å²) < 4.78 is 0. The van der Waals surface area contributed by atoms with Crippen molar-refractivity contribution in [2.75, 3.05) is 31.1 Å². The Morgan fingerprint density at radius 2 is 1.75 bits per heavy atom. The quantitative estimate of drug-likeness (QED) is 0.432. The number of thiazole rings is 1. The molecule has 1 aliphatic rings. The molecule has 0 aliphatic carbocycles. The standard InChI is InChI=1S/C24H23N5OS2/c1-16-6-3-4-7-18(16)19-9-10-21(27-26-19)28-11-13-29(14-12-28)24(30)22-17(2)25-23(32-22)20-8-5-15-31-20/h3-10,15H,11-14H2,1-2H3. The van der Waals surface area contributed by atoms with Crippen molar-refractivity contribution in [3.8, 4) is 21.1 Å². The van der Waals surface area contributed by atoms with Gasteiger partial charge in [0, 0.05) is 31.7 Å². The molecule has 0 radical (unpaired) electrons. The van der Waals surface area contributed by atoms with Crippen LogP contribution in [0.1, 0.15) is 20.9 Å². The fourth-order valence-electron chi connectivity index (χ4n) is 3.88. The van der Waals surface area contributed by atoms with Crippen molar-refractivity contribution in [2.45, 2.75) is 13.8 Å². The van der Waals surface area contributed by atoms with Crippen LogP contribution in [0, 0.1) is 13.8 Å². The van der Waals surface area contributed by atoms with Crippen molar-refractivity contribution < 1.29 is 4.79 Å². The number of aryl methyl sites for hydroxylation is 2. The maximum atomic E-state index is 13.1. The third kappa shape index (κ3) is 4.03. The van der Waals surface area contributed by atoms with Crippen molar-refractivity contribution in [3.05, 3.63) is 70.0 Å². The summed E-state index contributed by atoms with van der Waals surface area (Å²) in [5, 5.41) is 11.9. The summed E-state index contributed by atoms with van der Waals surface area (Å²) in [5.74, 6) is 0.923. The summed E-state index contributed by atoms with van der Waals surface area (Å²) in [6, 6.07) is 16.3. The van der Waals surface area contributed by atoms with Crippen LogP contribution < -0.4 is 4.90 Å². The lowest BCUT2D eigenvalue weighted by atomic mass is 10.1. The zero-order valence-electron chi connectivity index (χ0n) is 18.0. The molecule has 0 N–H and O–H groups in total. The van der Waals surface area contributed by atoms with E-state index in [1.54, 1.807) is 11.3 Å². The number of piperazine rings is 1. The first-order chi connectivity index (χ1) is 15.6. The van der Waals surface area contributed by atoms with E-state index in [2.05, 4.69) is 39.1 Å². The summed E-state index contributed by atoms with van der Waals surface area (Å²) in [6.07, 6.45) is 0. The Labute approximate surface area is 195 Å². The van der Waals surface area contributed by atoms with Gasteiger partial charge in [0.15, 0.2) is 5.82 Å². The van der Waals surface area contributed by atoms with Crippen LogP contribution >= 0.6 is 22.7 Å². The molecule has 4 aromatic rings. The van der Waals surface area contributed by atoms with Gasteiger partial charge < -0.3 is 9.80 Å². The van der Waals surface area contributed by atoms with E-state index in [0.717, 1.165) is 50.6 Å². The lowest BCUT2D eigenvalue weighted by molar-refractivity contribution is 0.0750. The predicted octanol–water partition coefficient (Wildman–Crippen LogP) is 4.91. The van der Waals surface area contributed by atoms with Crippen LogP contribution in [0.5, 0.6) is 0 Å². The van der Waals surface area contributed by atoms with Gasteiger partial charge in [-0.05, 0) is 43.0 Å². The number of carbonyl (C=O) groups excluding carboxylic acids is 1. The molecule has 162 valence electrons. The van der Waals surface area contributed by atoms with E-state index in [4.69, 9.17) is 0 Å². The van der Waals surface area contributed by atoms with E-state index >= 15 is 0 Å². The van der Waals surface area contributed by atoms with E-state index in [1.165, 1.54) is 16.9 Å². The van der Waals surface area contributed by atoms with E-state index in [-0.39, 0.29) is 5.91 Å². The first-order valence-corrected chi connectivity index (χ1v) is 12.2. The number of amides is 1. The second kappa shape index (κ2) is 8.80. The van der Waals surface area contributed by atoms with Gasteiger partial charge in [-0.2, -0.15) is 0 Å². The minimum absolute atomic E-state index is 0.0726. The van der Waals surface area contributed by atoms with Crippen LogP contribution in [0.3, 0.4) is 0 Å². The average molecular weight is 462 g/mol. The Kier molecular flexibility index (Phi) is 5.71. The highest BCUT2D eigenvalue weighted by molar-refractivity contribution is 7.22. The number of benzene rings is 1. The normalized spacial score (nSPS) is 14.1. The molecule has 3 aromatic heterocycles. The topological polar surface area (TPSA) is 62.2 Å². The van der Waals surface area contributed by atoms with Gasteiger partial charge in [-0.1, -0.05) is 30.3 Å². The van der Waals surface area contributed by atoms with E-state index < -0.39 is 0 Å². The summed E-state index contributed by atoms with van der Waals surface area (Å²) in [6.45, 7) is 6.79. The molecule has 0 spiro atoms. The smallest absolute Gasteiger partial charge is 0.265 e. The zero-order valence-corrected chi connectivity index (χ0v) is 19.6. The number of hydrogen-bond donors (Lipinski definition) is 0. The summed E-state index contributed by atoms with van der Waals surface area (Å²) in [5.41, 5.74) is 3.97. The first kappa shape index (κ1) is 20.8. The number of aromatic nitrogens is 3. The van der Waals surface area contributed by atoms with Gasteiger partial charge >= 0.3 is 0 Å². The molecule has 6 nitrogen and oxygen atoms in total. The van der Waals surface area contributed by atoms with Crippen molar-refractivity contribution in [1.29, 1.82) is 0 Å². The molecule has 0 saturated carbocycles. The highest BCUT2D eigenvalue weighted by atomic mass is 32.1. The van der Waals surface area contributed by atoms with Crippen LogP contribution in [-0.2, 0) is 0 Å². The molecular weight excluding hydrogens is 438 g/mol. The van der Waals surface area contributed by atoms with Gasteiger partial charge in [-0.25, -0.2) is 4.98 Å². The van der Waals surface area contributed by atoms with Crippen molar-refractivity contribution in [1.82, 2.24) is 20.1 Å². The molecule has 1 aromatic carbocycles. The SMILES string of the molecule is Cc1ccccc1-c1ccc(N2CCN(C(=O)c3sc(-c4cccs4)nc3C)CC2)nn1. The second-order valence-electron chi connectivity index (χ2n) is 7.78. The van der Waals surface area contributed by atoms with Gasteiger partial charge in [0.2, 0.25) is 0 Å². The first-order valence-electron chi connectivity index (χ1n) is 10.6. The number of anilines is 1. The molecule has 1 aliphatic heterocycles. The Hall–Kier alpha value is -3.10. The molecule has 5 rings (SSSR count). The van der Waals surface area contributed by atoms with Crippen molar-refractivity contribution in [2.24, 2.45) is 0 Å². The Bertz CT molecular complexity index is 1230. The molecule has 0 unspecified atom stereocenters. The van der Waals surface area contributed by atoms with Gasteiger partial charge in [0.05, 0.1) is 16.3 Å². The highest BCUT2D eigenvalue weighted by Gasteiger charge is 2.26. The molecule has 4 heterocycles. The molecule has 1 saturated heterocycles. The van der Waals surface area contributed by atoms with Gasteiger partial charge in [-0.3, -0.25) is 4.79 Å². The second-order valence-corrected chi connectivity index (χ2v) is 9.73. The number of carbonyl (C=O) groups is 1. The third-order valence-electron chi connectivity index (χ3n) is 5.69. The van der Waals surface area contributed by atoms with E-state index in [9.17, 15) is 4.79 Å². The summed E-state index contributed by atoms with van der Waals surface area (Å²) in [7, 11) is 0. The number of rotatable bonds is 4. The molecule has 0 bridgehead atoms.